The molecule has 0 unspecified atom stereocenters. The van der Waals surface area contributed by atoms with Crippen LogP contribution in [-0.2, 0) is 6.54 Å². The lowest BCUT2D eigenvalue weighted by molar-refractivity contribution is -0.384. The van der Waals surface area contributed by atoms with Crippen LogP contribution in [0.2, 0.25) is 5.02 Å². The maximum absolute atomic E-state index is 10.6. The number of benzene rings is 2. The number of hydrogen-bond donors (Lipinski definition) is 1. The molecule has 2 aromatic carbocycles. The van der Waals surface area contributed by atoms with Gasteiger partial charge in [-0.05, 0) is 23.8 Å². The number of non-ortho nitro benzene ring substituents is 1. The van der Waals surface area contributed by atoms with Gasteiger partial charge in [0.25, 0.3) is 5.69 Å². The van der Waals surface area contributed by atoms with Crippen molar-refractivity contribution in [3.8, 4) is 5.75 Å². The van der Waals surface area contributed by atoms with Crippen molar-refractivity contribution >= 4 is 23.0 Å². The van der Waals surface area contributed by atoms with Crippen LogP contribution < -0.4 is 10.1 Å². The topological polar surface area (TPSA) is 64.4 Å². The molecule has 0 radical (unpaired) electrons. The molecule has 0 atom stereocenters. The summed E-state index contributed by atoms with van der Waals surface area (Å²) < 4.78 is 5.23. The number of methoxy groups -OCH3 is 1. The average molecular weight is 293 g/mol. The average Bonchev–Trinajstić information content (AvgIpc) is 2.45. The van der Waals surface area contributed by atoms with Crippen molar-refractivity contribution < 1.29 is 9.66 Å². The molecule has 0 fully saturated rings. The van der Waals surface area contributed by atoms with Gasteiger partial charge in [0.2, 0.25) is 0 Å². The third kappa shape index (κ3) is 3.39. The molecule has 5 nitrogen and oxygen atoms in total. The fraction of sp³-hybridized carbons (Fsp3) is 0.143. The number of ether oxygens (including phenoxy) is 1. The van der Waals surface area contributed by atoms with E-state index in [1.807, 2.05) is 0 Å². The summed E-state index contributed by atoms with van der Waals surface area (Å²) >= 11 is 5.94. The van der Waals surface area contributed by atoms with E-state index in [0.29, 0.717) is 17.3 Å². The van der Waals surface area contributed by atoms with Crippen molar-refractivity contribution in [3.63, 3.8) is 0 Å². The third-order valence-electron chi connectivity index (χ3n) is 2.79. The first kappa shape index (κ1) is 14.1. The van der Waals surface area contributed by atoms with Crippen LogP contribution in [-0.4, -0.2) is 12.0 Å². The van der Waals surface area contributed by atoms with E-state index in [4.69, 9.17) is 16.3 Å². The summed E-state index contributed by atoms with van der Waals surface area (Å²) in [6.07, 6.45) is 0. The van der Waals surface area contributed by atoms with Gasteiger partial charge >= 0.3 is 0 Å². The largest absolute Gasteiger partial charge is 0.495 e. The van der Waals surface area contributed by atoms with Crippen molar-refractivity contribution in [3.05, 3.63) is 63.2 Å². The van der Waals surface area contributed by atoms with Crippen LogP contribution in [0.25, 0.3) is 0 Å². The van der Waals surface area contributed by atoms with E-state index in [1.165, 1.54) is 12.1 Å². The lowest BCUT2D eigenvalue weighted by atomic mass is 10.2. The van der Waals surface area contributed by atoms with Crippen LogP contribution >= 0.6 is 11.6 Å². The zero-order chi connectivity index (χ0) is 14.5. The fourth-order valence-electron chi connectivity index (χ4n) is 1.75. The zero-order valence-corrected chi connectivity index (χ0v) is 11.6. The summed E-state index contributed by atoms with van der Waals surface area (Å²) in [6.45, 7) is 0.523. The molecule has 20 heavy (non-hydrogen) atoms. The van der Waals surface area contributed by atoms with Gasteiger partial charge in [-0.3, -0.25) is 10.1 Å². The highest BCUT2D eigenvalue weighted by atomic mass is 35.5. The van der Waals surface area contributed by atoms with E-state index in [2.05, 4.69) is 5.32 Å². The van der Waals surface area contributed by atoms with Crippen LogP contribution in [0, 0.1) is 10.1 Å². The van der Waals surface area contributed by atoms with Crippen LogP contribution in [0.5, 0.6) is 5.75 Å². The Balaban J connectivity index is 2.08. The molecule has 0 saturated heterocycles. The van der Waals surface area contributed by atoms with Gasteiger partial charge in [0.15, 0.2) is 0 Å². The number of halogens is 1. The molecule has 6 heteroatoms. The summed E-state index contributed by atoms with van der Waals surface area (Å²) in [5.74, 6) is 0.691. The van der Waals surface area contributed by atoms with E-state index in [9.17, 15) is 10.1 Å². The van der Waals surface area contributed by atoms with E-state index >= 15 is 0 Å². The smallest absolute Gasteiger partial charge is 0.269 e. The van der Waals surface area contributed by atoms with E-state index in [-0.39, 0.29) is 5.69 Å². The molecule has 0 spiro atoms. The van der Waals surface area contributed by atoms with Crippen molar-refractivity contribution in [1.29, 1.82) is 0 Å². The maximum atomic E-state index is 10.6. The molecule has 0 amide bonds. The number of nitro groups is 1. The van der Waals surface area contributed by atoms with Crippen molar-refractivity contribution in [2.45, 2.75) is 6.54 Å². The van der Waals surface area contributed by atoms with E-state index in [0.717, 1.165) is 11.3 Å². The van der Waals surface area contributed by atoms with Crippen molar-refractivity contribution in [2.24, 2.45) is 0 Å². The Kier molecular flexibility index (Phi) is 4.42. The standard InChI is InChI=1S/C14H13ClN2O3/c1-20-14-7-4-11(15)8-13(14)16-9-10-2-5-12(6-3-10)17(18)19/h2-8,16H,9H2,1H3. The summed E-state index contributed by atoms with van der Waals surface area (Å²) in [7, 11) is 1.58. The second-order valence-electron chi connectivity index (χ2n) is 4.12. The summed E-state index contributed by atoms with van der Waals surface area (Å²) in [5.41, 5.74) is 1.78. The normalized spacial score (nSPS) is 10.1. The fourth-order valence-corrected chi connectivity index (χ4v) is 1.92. The monoisotopic (exact) mass is 292 g/mol. The lowest BCUT2D eigenvalue weighted by Crippen LogP contribution is -2.01. The van der Waals surface area contributed by atoms with Crippen molar-refractivity contribution in [2.75, 3.05) is 12.4 Å². The van der Waals surface area contributed by atoms with Gasteiger partial charge < -0.3 is 10.1 Å². The molecule has 2 aromatic rings. The SMILES string of the molecule is COc1ccc(Cl)cc1NCc1ccc([N+](=O)[O-])cc1. The Hall–Kier alpha value is -2.27. The molecule has 1 N–H and O–H groups in total. The lowest BCUT2D eigenvalue weighted by Gasteiger charge is -2.11. The van der Waals surface area contributed by atoms with Gasteiger partial charge in [0.05, 0.1) is 17.7 Å². The molecule has 2 rings (SSSR count). The van der Waals surface area contributed by atoms with Gasteiger partial charge in [-0.2, -0.15) is 0 Å². The molecular formula is C14H13ClN2O3. The molecule has 0 aromatic heterocycles. The van der Waals surface area contributed by atoms with Crippen molar-refractivity contribution in [1.82, 2.24) is 0 Å². The summed E-state index contributed by atoms with van der Waals surface area (Å²) in [5, 5.41) is 14.4. The van der Waals surface area contributed by atoms with E-state index < -0.39 is 4.92 Å². The molecule has 0 aliphatic heterocycles. The van der Waals surface area contributed by atoms with Crippen LogP contribution in [0.4, 0.5) is 11.4 Å². The first-order chi connectivity index (χ1) is 9.60. The molecule has 0 aliphatic carbocycles. The molecule has 0 heterocycles. The molecular weight excluding hydrogens is 280 g/mol. The summed E-state index contributed by atoms with van der Waals surface area (Å²) in [6, 6.07) is 11.7. The van der Waals surface area contributed by atoms with Gasteiger partial charge in [-0.25, -0.2) is 0 Å². The predicted octanol–water partition coefficient (Wildman–Crippen LogP) is 3.87. The van der Waals surface area contributed by atoms with Crippen LogP contribution in [0.3, 0.4) is 0 Å². The Labute approximate surface area is 121 Å². The highest BCUT2D eigenvalue weighted by Crippen LogP contribution is 2.28. The second kappa shape index (κ2) is 6.25. The Bertz CT molecular complexity index is 614. The Morgan fingerprint density at radius 3 is 2.55 bits per heavy atom. The number of anilines is 1. The molecule has 104 valence electrons. The molecule has 0 bridgehead atoms. The Morgan fingerprint density at radius 2 is 1.95 bits per heavy atom. The minimum absolute atomic E-state index is 0.0779. The van der Waals surface area contributed by atoms with Gasteiger partial charge in [-0.1, -0.05) is 23.7 Å². The maximum Gasteiger partial charge on any atom is 0.269 e. The highest BCUT2D eigenvalue weighted by Gasteiger charge is 2.06. The summed E-state index contributed by atoms with van der Waals surface area (Å²) in [4.78, 5) is 10.2. The number of nitrogens with zero attached hydrogens (tertiary/aromatic N) is 1. The predicted molar refractivity (Wildman–Crippen MR) is 78.4 cm³/mol. The first-order valence-electron chi connectivity index (χ1n) is 5.91. The van der Waals surface area contributed by atoms with Crippen LogP contribution in [0.1, 0.15) is 5.56 Å². The quantitative estimate of drug-likeness (QED) is 0.671. The second-order valence-corrected chi connectivity index (χ2v) is 4.56. The van der Waals surface area contributed by atoms with Crippen LogP contribution in [0.15, 0.2) is 42.5 Å². The van der Waals surface area contributed by atoms with E-state index in [1.54, 1.807) is 37.4 Å². The van der Waals surface area contributed by atoms with Gasteiger partial charge in [-0.15, -0.1) is 0 Å². The third-order valence-corrected chi connectivity index (χ3v) is 3.03. The minimum atomic E-state index is -0.419. The number of hydrogen-bond acceptors (Lipinski definition) is 4. The Morgan fingerprint density at radius 1 is 1.25 bits per heavy atom. The van der Waals surface area contributed by atoms with Gasteiger partial charge in [0, 0.05) is 23.7 Å². The number of nitro benzene ring substituents is 1. The van der Waals surface area contributed by atoms with Gasteiger partial charge in [0.1, 0.15) is 5.75 Å². The highest BCUT2D eigenvalue weighted by molar-refractivity contribution is 6.30. The zero-order valence-electron chi connectivity index (χ0n) is 10.8. The molecule has 0 saturated carbocycles. The number of nitrogens with one attached hydrogen (secondary N) is 1. The number of rotatable bonds is 5. The minimum Gasteiger partial charge on any atom is -0.495 e. The first-order valence-corrected chi connectivity index (χ1v) is 6.28. The molecule has 0 aliphatic rings.